The van der Waals surface area contributed by atoms with Crippen LogP contribution in [-0.2, 0) is 16.1 Å². The molecule has 1 aliphatic rings. The number of halogens is 1. The van der Waals surface area contributed by atoms with Crippen molar-refractivity contribution in [3.05, 3.63) is 54.1 Å². The molecule has 0 aromatic heterocycles. The van der Waals surface area contributed by atoms with E-state index in [-0.39, 0.29) is 18.3 Å². The molecule has 0 unspecified atom stereocenters. The van der Waals surface area contributed by atoms with E-state index in [1.54, 1.807) is 7.11 Å². The molecule has 3 rings (SSSR count). The molecule has 6 heteroatoms. The predicted octanol–water partition coefficient (Wildman–Crippen LogP) is 3.16. The molecule has 2 aromatic rings. The van der Waals surface area contributed by atoms with Crippen LogP contribution in [0.4, 0.5) is 0 Å². The van der Waals surface area contributed by atoms with E-state index in [0.29, 0.717) is 39.1 Å². The predicted molar refractivity (Wildman–Crippen MR) is 109 cm³/mol. The number of nitrogens with one attached hydrogen (secondary N) is 1. The lowest BCUT2D eigenvalue weighted by Gasteiger charge is -2.34. The zero-order chi connectivity index (χ0) is 18.4. The molecular formula is C21H27ClN2O3. The van der Waals surface area contributed by atoms with Gasteiger partial charge in [0.1, 0.15) is 5.75 Å². The minimum atomic E-state index is -0.487. The minimum Gasteiger partial charge on any atom is -0.497 e. The summed E-state index contributed by atoms with van der Waals surface area (Å²) in [5.74, 6) is 0.863. The fourth-order valence-electron chi connectivity index (χ4n) is 3.27. The summed E-state index contributed by atoms with van der Waals surface area (Å²) in [6.45, 7) is 2.05. The van der Waals surface area contributed by atoms with Crippen LogP contribution in [0.2, 0.25) is 0 Å². The maximum Gasteiger partial charge on any atom is 0.227 e. The molecule has 5 nitrogen and oxygen atoms in total. The van der Waals surface area contributed by atoms with Crippen molar-refractivity contribution in [2.45, 2.75) is 19.4 Å². The number of amides is 1. The third kappa shape index (κ3) is 5.01. The lowest BCUT2D eigenvalue weighted by molar-refractivity contribution is -0.136. The van der Waals surface area contributed by atoms with E-state index in [1.807, 2.05) is 30.3 Å². The van der Waals surface area contributed by atoms with E-state index in [1.165, 1.54) is 0 Å². The van der Waals surface area contributed by atoms with E-state index in [4.69, 9.17) is 15.2 Å². The van der Waals surface area contributed by atoms with Gasteiger partial charge in [0, 0.05) is 26.3 Å². The molecule has 0 saturated carbocycles. The van der Waals surface area contributed by atoms with Crippen LogP contribution in [0.1, 0.15) is 18.4 Å². The Labute approximate surface area is 166 Å². The molecule has 1 amide bonds. The van der Waals surface area contributed by atoms with Gasteiger partial charge in [-0.2, -0.15) is 0 Å². The molecule has 3 N–H and O–H groups in total. The van der Waals surface area contributed by atoms with Crippen molar-refractivity contribution in [2.24, 2.45) is 11.1 Å². The second-order valence-electron chi connectivity index (χ2n) is 6.71. The third-order valence-corrected chi connectivity index (χ3v) is 5.13. The van der Waals surface area contributed by atoms with Crippen LogP contribution in [0.25, 0.3) is 11.1 Å². The first-order valence-corrected chi connectivity index (χ1v) is 8.96. The molecule has 2 aromatic carbocycles. The van der Waals surface area contributed by atoms with Gasteiger partial charge in [-0.15, -0.1) is 12.4 Å². The second kappa shape index (κ2) is 9.74. The van der Waals surface area contributed by atoms with Gasteiger partial charge in [-0.05, 0) is 41.7 Å². The molecule has 146 valence electrons. The lowest BCUT2D eigenvalue weighted by atomic mass is 9.79. The number of hydrogen-bond acceptors (Lipinski definition) is 4. The number of methoxy groups -OCH3 is 1. The minimum absolute atomic E-state index is 0. The number of ether oxygens (including phenoxy) is 2. The van der Waals surface area contributed by atoms with Gasteiger partial charge in [0.25, 0.3) is 0 Å². The van der Waals surface area contributed by atoms with Gasteiger partial charge in [0.2, 0.25) is 5.91 Å². The van der Waals surface area contributed by atoms with Crippen LogP contribution in [0.3, 0.4) is 0 Å². The molecule has 0 bridgehead atoms. The summed E-state index contributed by atoms with van der Waals surface area (Å²) in [5, 5.41) is 3.04. The maximum atomic E-state index is 12.6. The average molecular weight is 391 g/mol. The van der Waals surface area contributed by atoms with Crippen LogP contribution >= 0.6 is 12.4 Å². The van der Waals surface area contributed by atoms with E-state index >= 15 is 0 Å². The highest BCUT2D eigenvalue weighted by Gasteiger charge is 2.38. The van der Waals surface area contributed by atoms with Crippen LogP contribution in [0, 0.1) is 5.41 Å². The standard InChI is InChI=1S/C21H26N2O3.ClH/c1-25-19-4-2-3-18(13-19)17-7-5-16(6-8-17)14-23-20(24)21(15-22)9-11-26-12-10-21;/h2-8,13H,9-12,14-15,22H2,1H3,(H,23,24);1H. The molecule has 1 saturated heterocycles. The van der Waals surface area contributed by atoms with Crippen molar-refractivity contribution < 1.29 is 14.3 Å². The molecule has 1 heterocycles. The van der Waals surface area contributed by atoms with Gasteiger partial charge in [0.05, 0.1) is 12.5 Å². The van der Waals surface area contributed by atoms with Gasteiger partial charge < -0.3 is 20.5 Å². The normalized spacial score (nSPS) is 15.5. The summed E-state index contributed by atoms with van der Waals surface area (Å²) in [4.78, 5) is 12.6. The number of nitrogens with two attached hydrogens (primary N) is 1. The Morgan fingerprint density at radius 1 is 1.15 bits per heavy atom. The van der Waals surface area contributed by atoms with Crippen molar-refractivity contribution in [1.82, 2.24) is 5.32 Å². The first-order chi connectivity index (χ1) is 12.7. The van der Waals surface area contributed by atoms with Gasteiger partial charge in [-0.25, -0.2) is 0 Å². The molecular weight excluding hydrogens is 364 g/mol. The van der Waals surface area contributed by atoms with Gasteiger partial charge in [0.15, 0.2) is 0 Å². The van der Waals surface area contributed by atoms with Crippen molar-refractivity contribution in [2.75, 3.05) is 26.9 Å². The summed E-state index contributed by atoms with van der Waals surface area (Å²) in [6.07, 6.45) is 1.37. The maximum absolute atomic E-state index is 12.6. The molecule has 1 aliphatic heterocycles. The molecule has 0 aliphatic carbocycles. The quantitative estimate of drug-likeness (QED) is 0.794. The summed E-state index contributed by atoms with van der Waals surface area (Å²) in [6, 6.07) is 16.1. The van der Waals surface area contributed by atoms with E-state index in [2.05, 4.69) is 23.5 Å². The average Bonchev–Trinajstić information content (AvgIpc) is 2.73. The zero-order valence-electron chi connectivity index (χ0n) is 15.6. The number of hydrogen-bond donors (Lipinski definition) is 2. The Balaban J connectivity index is 0.00000261. The van der Waals surface area contributed by atoms with Gasteiger partial charge in [-0.1, -0.05) is 36.4 Å². The van der Waals surface area contributed by atoms with Crippen LogP contribution < -0.4 is 15.8 Å². The summed E-state index contributed by atoms with van der Waals surface area (Å²) in [7, 11) is 1.66. The van der Waals surface area contributed by atoms with Crippen molar-refractivity contribution in [1.29, 1.82) is 0 Å². The number of rotatable bonds is 6. The monoisotopic (exact) mass is 390 g/mol. The van der Waals surface area contributed by atoms with Crippen LogP contribution in [-0.4, -0.2) is 32.8 Å². The summed E-state index contributed by atoms with van der Waals surface area (Å²) in [5.41, 5.74) is 8.68. The van der Waals surface area contributed by atoms with Crippen LogP contribution in [0.15, 0.2) is 48.5 Å². The van der Waals surface area contributed by atoms with E-state index < -0.39 is 5.41 Å². The highest BCUT2D eigenvalue weighted by Crippen LogP contribution is 2.29. The zero-order valence-corrected chi connectivity index (χ0v) is 16.4. The Bertz CT molecular complexity index is 743. The van der Waals surface area contributed by atoms with Crippen molar-refractivity contribution in [3.63, 3.8) is 0 Å². The largest absolute Gasteiger partial charge is 0.497 e. The van der Waals surface area contributed by atoms with E-state index in [0.717, 1.165) is 22.4 Å². The molecule has 27 heavy (non-hydrogen) atoms. The molecule has 0 atom stereocenters. The number of benzene rings is 2. The third-order valence-electron chi connectivity index (χ3n) is 5.13. The molecule has 0 spiro atoms. The first kappa shape index (κ1) is 21.2. The Hall–Kier alpha value is -2.08. The number of carbonyl (C=O) groups excluding carboxylic acids is 1. The Morgan fingerprint density at radius 2 is 1.85 bits per heavy atom. The topological polar surface area (TPSA) is 73.6 Å². The highest BCUT2D eigenvalue weighted by molar-refractivity contribution is 5.85. The van der Waals surface area contributed by atoms with E-state index in [9.17, 15) is 4.79 Å². The Morgan fingerprint density at radius 3 is 2.48 bits per heavy atom. The summed E-state index contributed by atoms with van der Waals surface area (Å²) < 4.78 is 10.6. The fourth-order valence-corrected chi connectivity index (χ4v) is 3.27. The Kier molecular flexibility index (Phi) is 7.66. The smallest absolute Gasteiger partial charge is 0.227 e. The lowest BCUT2D eigenvalue weighted by Crippen LogP contribution is -2.48. The van der Waals surface area contributed by atoms with Gasteiger partial charge in [-0.3, -0.25) is 4.79 Å². The SMILES string of the molecule is COc1cccc(-c2ccc(CNC(=O)C3(CN)CCOCC3)cc2)c1.Cl. The van der Waals surface area contributed by atoms with Gasteiger partial charge >= 0.3 is 0 Å². The highest BCUT2D eigenvalue weighted by atomic mass is 35.5. The summed E-state index contributed by atoms with van der Waals surface area (Å²) >= 11 is 0. The first-order valence-electron chi connectivity index (χ1n) is 8.96. The van der Waals surface area contributed by atoms with Crippen molar-refractivity contribution >= 4 is 18.3 Å². The van der Waals surface area contributed by atoms with Crippen LogP contribution in [0.5, 0.6) is 5.75 Å². The molecule has 1 fully saturated rings. The fraction of sp³-hybridized carbons (Fsp3) is 0.381. The van der Waals surface area contributed by atoms with Crippen molar-refractivity contribution in [3.8, 4) is 16.9 Å². The second-order valence-corrected chi connectivity index (χ2v) is 6.71. The molecule has 0 radical (unpaired) electrons. The number of carbonyl (C=O) groups is 1.